The first-order chi connectivity index (χ1) is 5.93. The summed E-state index contributed by atoms with van der Waals surface area (Å²) in [6.07, 6.45) is 3.81. The minimum Gasteiger partial charge on any atom is -0.377 e. The van der Waals surface area contributed by atoms with Crippen LogP contribution in [0.15, 0.2) is 0 Å². The molecule has 1 aliphatic rings. The molecule has 2 N–H and O–H groups in total. The Morgan fingerprint density at radius 1 is 1.54 bits per heavy atom. The van der Waals surface area contributed by atoms with Gasteiger partial charge in [-0.25, -0.2) is 0 Å². The van der Waals surface area contributed by atoms with E-state index in [1.54, 1.807) is 7.11 Å². The molecule has 1 fully saturated rings. The summed E-state index contributed by atoms with van der Waals surface area (Å²) in [7, 11) is 1.78. The molecule has 13 heavy (non-hydrogen) atoms. The SMILES string of the molecule is COC(C)(CN)C1CCC(C)(C)C1. The Labute approximate surface area is 81.8 Å². The van der Waals surface area contributed by atoms with Crippen LogP contribution in [0.3, 0.4) is 0 Å². The molecule has 0 radical (unpaired) electrons. The Balaban J connectivity index is 2.63. The molecule has 1 rings (SSSR count). The summed E-state index contributed by atoms with van der Waals surface area (Å²) in [5.41, 5.74) is 6.14. The van der Waals surface area contributed by atoms with Gasteiger partial charge in [0.25, 0.3) is 0 Å². The number of rotatable bonds is 3. The Kier molecular flexibility index (Phi) is 3.03. The minimum absolute atomic E-state index is 0.103. The van der Waals surface area contributed by atoms with Gasteiger partial charge in [-0.1, -0.05) is 13.8 Å². The average Bonchev–Trinajstić information content (AvgIpc) is 2.45. The lowest BCUT2D eigenvalue weighted by Crippen LogP contribution is -2.43. The zero-order valence-corrected chi connectivity index (χ0v) is 9.39. The zero-order valence-electron chi connectivity index (χ0n) is 9.39. The maximum Gasteiger partial charge on any atom is 0.0800 e. The van der Waals surface area contributed by atoms with Gasteiger partial charge in [0, 0.05) is 13.7 Å². The quantitative estimate of drug-likeness (QED) is 0.731. The first-order valence-electron chi connectivity index (χ1n) is 5.19. The topological polar surface area (TPSA) is 35.2 Å². The Bertz CT molecular complexity index is 173. The molecule has 0 spiro atoms. The molecule has 2 unspecified atom stereocenters. The van der Waals surface area contributed by atoms with Crippen molar-refractivity contribution in [3.63, 3.8) is 0 Å². The molecule has 0 aliphatic heterocycles. The summed E-state index contributed by atoms with van der Waals surface area (Å²) in [5.74, 6) is 0.637. The molecule has 2 nitrogen and oxygen atoms in total. The van der Waals surface area contributed by atoms with E-state index in [4.69, 9.17) is 10.5 Å². The molecule has 0 amide bonds. The van der Waals surface area contributed by atoms with Gasteiger partial charge in [-0.15, -0.1) is 0 Å². The van der Waals surface area contributed by atoms with E-state index in [0.29, 0.717) is 17.9 Å². The number of nitrogens with two attached hydrogens (primary N) is 1. The smallest absolute Gasteiger partial charge is 0.0800 e. The predicted octanol–water partition coefficient (Wildman–Crippen LogP) is 2.18. The summed E-state index contributed by atoms with van der Waals surface area (Å²) in [6, 6.07) is 0. The van der Waals surface area contributed by atoms with Gasteiger partial charge < -0.3 is 10.5 Å². The van der Waals surface area contributed by atoms with Crippen molar-refractivity contribution in [2.45, 2.75) is 45.6 Å². The summed E-state index contributed by atoms with van der Waals surface area (Å²) < 4.78 is 5.54. The summed E-state index contributed by atoms with van der Waals surface area (Å²) >= 11 is 0. The average molecular weight is 185 g/mol. The number of hydrogen-bond acceptors (Lipinski definition) is 2. The van der Waals surface area contributed by atoms with E-state index in [2.05, 4.69) is 20.8 Å². The molecule has 0 aromatic carbocycles. The third-order valence-electron chi connectivity index (χ3n) is 3.70. The van der Waals surface area contributed by atoms with Crippen molar-refractivity contribution in [2.75, 3.05) is 13.7 Å². The summed E-state index contributed by atoms with van der Waals surface area (Å²) in [4.78, 5) is 0. The standard InChI is InChI=1S/C11H23NO/c1-10(2)6-5-9(7-10)11(3,8-12)13-4/h9H,5-8,12H2,1-4H3. The highest BCUT2D eigenvalue weighted by atomic mass is 16.5. The second-order valence-electron chi connectivity index (χ2n) is 5.32. The third kappa shape index (κ3) is 2.23. The Hall–Kier alpha value is -0.0800. The van der Waals surface area contributed by atoms with E-state index in [1.807, 2.05) is 0 Å². The molecule has 2 heteroatoms. The molecule has 0 aromatic rings. The highest BCUT2D eigenvalue weighted by Gasteiger charge is 2.41. The molecular formula is C11H23NO. The van der Waals surface area contributed by atoms with E-state index in [0.717, 1.165) is 0 Å². The van der Waals surface area contributed by atoms with Gasteiger partial charge in [0.2, 0.25) is 0 Å². The van der Waals surface area contributed by atoms with Crippen LogP contribution in [0.2, 0.25) is 0 Å². The van der Waals surface area contributed by atoms with Crippen LogP contribution in [-0.4, -0.2) is 19.3 Å². The van der Waals surface area contributed by atoms with Gasteiger partial charge in [0.05, 0.1) is 5.60 Å². The van der Waals surface area contributed by atoms with Crippen molar-refractivity contribution >= 4 is 0 Å². The lowest BCUT2D eigenvalue weighted by atomic mass is 9.83. The van der Waals surface area contributed by atoms with Crippen molar-refractivity contribution in [3.05, 3.63) is 0 Å². The van der Waals surface area contributed by atoms with Crippen molar-refractivity contribution in [2.24, 2.45) is 17.1 Å². The Morgan fingerprint density at radius 3 is 2.46 bits per heavy atom. The maximum atomic E-state index is 5.76. The van der Waals surface area contributed by atoms with E-state index in [-0.39, 0.29) is 5.60 Å². The van der Waals surface area contributed by atoms with Gasteiger partial charge in [0.1, 0.15) is 0 Å². The van der Waals surface area contributed by atoms with E-state index < -0.39 is 0 Å². The van der Waals surface area contributed by atoms with Crippen LogP contribution >= 0.6 is 0 Å². The van der Waals surface area contributed by atoms with Crippen molar-refractivity contribution < 1.29 is 4.74 Å². The zero-order chi connectivity index (χ0) is 10.1. The first-order valence-corrected chi connectivity index (χ1v) is 5.19. The molecule has 1 saturated carbocycles. The molecule has 0 aromatic heterocycles. The van der Waals surface area contributed by atoms with Crippen molar-refractivity contribution in [1.29, 1.82) is 0 Å². The van der Waals surface area contributed by atoms with Crippen LogP contribution in [0.25, 0.3) is 0 Å². The van der Waals surface area contributed by atoms with Gasteiger partial charge in [-0.3, -0.25) is 0 Å². The fraction of sp³-hybridized carbons (Fsp3) is 1.00. The molecule has 1 aliphatic carbocycles. The van der Waals surface area contributed by atoms with Gasteiger partial charge in [0.15, 0.2) is 0 Å². The maximum absolute atomic E-state index is 5.76. The van der Waals surface area contributed by atoms with E-state index in [1.165, 1.54) is 19.3 Å². The van der Waals surface area contributed by atoms with Crippen LogP contribution < -0.4 is 5.73 Å². The number of methoxy groups -OCH3 is 1. The van der Waals surface area contributed by atoms with Crippen molar-refractivity contribution in [1.82, 2.24) is 0 Å². The van der Waals surface area contributed by atoms with Gasteiger partial charge in [-0.05, 0) is 37.5 Å². The van der Waals surface area contributed by atoms with E-state index >= 15 is 0 Å². The van der Waals surface area contributed by atoms with Crippen LogP contribution in [0.1, 0.15) is 40.0 Å². The number of ether oxygens (including phenoxy) is 1. The summed E-state index contributed by atoms with van der Waals surface area (Å²) in [5, 5.41) is 0. The fourth-order valence-corrected chi connectivity index (χ4v) is 2.37. The normalized spacial score (nSPS) is 31.6. The van der Waals surface area contributed by atoms with Gasteiger partial charge in [-0.2, -0.15) is 0 Å². The molecular weight excluding hydrogens is 162 g/mol. The molecule has 78 valence electrons. The van der Waals surface area contributed by atoms with Crippen LogP contribution in [0, 0.1) is 11.3 Å². The summed E-state index contributed by atoms with van der Waals surface area (Å²) in [6.45, 7) is 7.43. The largest absolute Gasteiger partial charge is 0.377 e. The van der Waals surface area contributed by atoms with E-state index in [9.17, 15) is 0 Å². The molecule has 0 saturated heterocycles. The van der Waals surface area contributed by atoms with Crippen LogP contribution in [0.5, 0.6) is 0 Å². The molecule has 2 atom stereocenters. The monoisotopic (exact) mass is 185 g/mol. The second-order valence-corrected chi connectivity index (χ2v) is 5.32. The van der Waals surface area contributed by atoms with Gasteiger partial charge >= 0.3 is 0 Å². The fourth-order valence-electron chi connectivity index (χ4n) is 2.37. The second kappa shape index (κ2) is 3.58. The lowest BCUT2D eigenvalue weighted by Gasteiger charge is -2.33. The highest BCUT2D eigenvalue weighted by molar-refractivity contribution is 4.93. The Morgan fingerprint density at radius 2 is 2.15 bits per heavy atom. The number of hydrogen-bond donors (Lipinski definition) is 1. The predicted molar refractivity (Wildman–Crippen MR) is 55.6 cm³/mol. The molecule has 0 heterocycles. The van der Waals surface area contributed by atoms with Crippen LogP contribution in [0.4, 0.5) is 0 Å². The highest BCUT2D eigenvalue weighted by Crippen LogP contribution is 2.45. The third-order valence-corrected chi connectivity index (χ3v) is 3.70. The van der Waals surface area contributed by atoms with Crippen molar-refractivity contribution in [3.8, 4) is 0 Å². The minimum atomic E-state index is -0.103. The van der Waals surface area contributed by atoms with Crippen LogP contribution in [-0.2, 0) is 4.74 Å². The molecule has 0 bridgehead atoms. The first kappa shape index (κ1) is 11.0. The lowest BCUT2D eigenvalue weighted by molar-refractivity contribution is -0.0365.